The first-order valence-corrected chi connectivity index (χ1v) is 8.29. The van der Waals surface area contributed by atoms with Crippen molar-refractivity contribution in [1.82, 2.24) is 0 Å². The number of benzene rings is 2. The zero-order valence-electron chi connectivity index (χ0n) is 13.2. The van der Waals surface area contributed by atoms with E-state index in [1.165, 1.54) is 28.0 Å². The summed E-state index contributed by atoms with van der Waals surface area (Å²) in [6, 6.07) is 15.0. The first kappa shape index (κ1) is 17.8. The molecule has 0 fully saturated rings. The molecule has 0 unspecified atom stereocenters. The highest BCUT2D eigenvalue weighted by Crippen LogP contribution is 2.23. The summed E-state index contributed by atoms with van der Waals surface area (Å²) in [6.07, 6.45) is 3.04. The highest BCUT2D eigenvalue weighted by atomic mass is 35.5. The third-order valence-electron chi connectivity index (χ3n) is 4.14. The lowest BCUT2D eigenvalue weighted by molar-refractivity contribution is -0.457. The van der Waals surface area contributed by atoms with Crippen LogP contribution in [0, 0.1) is 0 Å². The van der Waals surface area contributed by atoms with E-state index in [4.69, 9.17) is 16.3 Å². The maximum absolute atomic E-state index is 5.87. The third-order valence-corrected chi connectivity index (χ3v) is 4.41. The molecule has 0 radical (unpaired) electrons. The van der Waals surface area contributed by atoms with Gasteiger partial charge in [0.2, 0.25) is 5.71 Å². The van der Waals surface area contributed by atoms with Crippen LogP contribution in [0.3, 0.4) is 0 Å². The summed E-state index contributed by atoms with van der Waals surface area (Å²) in [7, 11) is 1.72. The standard InChI is InChI=1S/C19H20ClNO.ClH/c1-22-16-8-9-18-15(13-16)10-12-21-19(18)17-7-3-2-5-14(17)6-4-11-20;/h2-3,5,7-9,13H,4,6,10-12H2,1H3;1H. The maximum Gasteiger partial charge on any atom is 0.213 e. The lowest BCUT2D eigenvalue weighted by atomic mass is 9.90. The van der Waals surface area contributed by atoms with Gasteiger partial charge in [0.1, 0.15) is 12.3 Å². The molecule has 0 saturated carbocycles. The molecule has 3 rings (SSSR count). The highest BCUT2D eigenvalue weighted by Gasteiger charge is 2.23. The Morgan fingerprint density at radius 3 is 2.74 bits per heavy atom. The van der Waals surface area contributed by atoms with Gasteiger partial charge in [-0.2, -0.15) is 0 Å². The Kier molecular flexibility index (Phi) is 6.49. The average molecular weight is 350 g/mol. The van der Waals surface area contributed by atoms with Crippen LogP contribution in [0.5, 0.6) is 5.75 Å². The Bertz CT molecular complexity index is 698. The first-order chi connectivity index (χ1) is 10.8. The largest absolute Gasteiger partial charge is 1.00 e. The molecule has 0 atom stereocenters. The number of halogens is 2. The molecule has 0 spiro atoms. The molecular weight excluding hydrogens is 329 g/mol. The van der Waals surface area contributed by atoms with Gasteiger partial charge in [-0.3, -0.25) is 0 Å². The van der Waals surface area contributed by atoms with E-state index < -0.39 is 0 Å². The van der Waals surface area contributed by atoms with Crippen molar-refractivity contribution in [2.75, 3.05) is 19.5 Å². The lowest BCUT2D eigenvalue weighted by Gasteiger charge is -2.15. The second-order valence-electron chi connectivity index (χ2n) is 5.52. The first-order valence-electron chi connectivity index (χ1n) is 7.76. The van der Waals surface area contributed by atoms with Crippen LogP contribution in [0.4, 0.5) is 0 Å². The zero-order chi connectivity index (χ0) is 15.4. The fourth-order valence-corrected chi connectivity index (χ4v) is 3.18. The van der Waals surface area contributed by atoms with Crippen LogP contribution >= 0.6 is 11.6 Å². The van der Waals surface area contributed by atoms with Crippen molar-refractivity contribution >= 4 is 17.3 Å². The second kappa shape index (κ2) is 8.37. The van der Waals surface area contributed by atoms with E-state index in [0.29, 0.717) is 5.88 Å². The Labute approximate surface area is 149 Å². The maximum atomic E-state index is 5.87. The van der Waals surface area contributed by atoms with Gasteiger partial charge in [-0.05, 0) is 48.2 Å². The molecule has 2 aromatic rings. The average Bonchev–Trinajstić information content (AvgIpc) is 2.59. The van der Waals surface area contributed by atoms with E-state index in [2.05, 4.69) is 41.4 Å². The fraction of sp³-hybridized carbons (Fsp3) is 0.316. The van der Waals surface area contributed by atoms with Crippen molar-refractivity contribution in [3.63, 3.8) is 0 Å². The van der Waals surface area contributed by atoms with Gasteiger partial charge in [0, 0.05) is 23.4 Å². The molecule has 0 amide bonds. The molecule has 1 N–H and O–H groups in total. The van der Waals surface area contributed by atoms with Crippen LogP contribution in [-0.2, 0) is 12.8 Å². The number of alkyl halides is 1. The molecule has 1 heterocycles. The highest BCUT2D eigenvalue weighted by molar-refractivity contribution is 6.17. The van der Waals surface area contributed by atoms with E-state index in [0.717, 1.165) is 31.6 Å². The molecule has 4 heteroatoms. The van der Waals surface area contributed by atoms with Crippen LogP contribution in [-0.4, -0.2) is 25.2 Å². The number of aryl methyl sites for hydroxylation is 1. The van der Waals surface area contributed by atoms with Crippen molar-refractivity contribution in [3.05, 3.63) is 64.7 Å². The molecule has 1 aliphatic heterocycles. The molecule has 23 heavy (non-hydrogen) atoms. The molecule has 0 aromatic heterocycles. The molecule has 0 aliphatic carbocycles. The molecule has 2 nitrogen and oxygen atoms in total. The van der Waals surface area contributed by atoms with Gasteiger partial charge in [-0.1, -0.05) is 18.2 Å². The second-order valence-corrected chi connectivity index (χ2v) is 5.90. The normalized spacial score (nSPS) is 12.9. The zero-order valence-corrected chi connectivity index (χ0v) is 14.8. The van der Waals surface area contributed by atoms with Crippen LogP contribution in [0.15, 0.2) is 42.5 Å². The summed E-state index contributed by atoms with van der Waals surface area (Å²) in [6.45, 7) is 0.958. The van der Waals surface area contributed by atoms with E-state index in [1.54, 1.807) is 7.11 Å². The molecule has 0 bridgehead atoms. The molecule has 2 aromatic carbocycles. The summed E-state index contributed by atoms with van der Waals surface area (Å²) < 4.78 is 5.35. The number of hydrogen-bond acceptors (Lipinski definition) is 1. The molecule has 0 saturated heterocycles. The van der Waals surface area contributed by atoms with Crippen molar-refractivity contribution in [2.45, 2.75) is 19.3 Å². The summed E-state index contributed by atoms with van der Waals surface area (Å²) >= 11 is 5.87. The Morgan fingerprint density at radius 2 is 1.96 bits per heavy atom. The quantitative estimate of drug-likeness (QED) is 0.712. The van der Waals surface area contributed by atoms with Crippen molar-refractivity contribution in [2.24, 2.45) is 0 Å². The Morgan fingerprint density at radius 1 is 1.13 bits per heavy atom. The van der Waals surface area contributed by atoms with Crippen LogP contribution in [0.25, 0.3) is 0 Å². The molecule has 1 aliphatic rings. The predicted molar refractivity (Wildman–Crippen MR) is 91.2 cm³/mol. The fourth-order valence-electron chi connectivity index (χ4n) is 3.04. The predicted octanol–water partition coefficient (Wildman–Crippen LogP) is -0.655. The van der Waals surface area contributed by atoms with Crippen molar-refractivity contribution < 1.29 is 22.1 Å². The van der Waals surface area contributed by atoms with E-state index in [9.17, 15) is 0 Å². The molecular formula is C19H21Cl2NO. The number of nitrogens with one attached hydrogen (secondary N) is 1. The Hall–Kier alpha value is -1.51. The lowest BCUT2D eigenvalue weighted by Crippen LogP contribution is -3.00. The number of methoxy groups -OCH3 is 1. The van der Waals surface area contributed by atoms with Gasteiger partial charge in [0.25, 0.3) is 0 Å². The summed E-state index contributed by atoms with van der Waals surface area (Å²) in [5.74, 6) is 1.63. The number of ether oxygens (including phenoxy) is 1. The van der Waals surface area contributed by atoms with Crippen LogP contribution in [0.2, 0.25) is 0 Å². The van der Waals surface area contributed by atoms with E-state index in [1.807, 2.05) is 6.07 Å². The topological polar surface area (TPSA) is 23.2 Å². The van der Waals surface area contributed by atoms with Gasteiger partial charge in [-0.15, -0.1) is 11.6 Å². The number of fused-ring (bicyclic) bond motifs is 1. The molecule has 122 valence electrons. The number of hydrogen-bond donors (Lipinski definition) is 1. The minimum absolute atomic E-state index is 0. The number of rotatable bonds is 5. The smallest absolute Gasteiger partial charge is 0.213 e. The van der Waals surface area contributed by atoms with Gasteiger partial charge < -0.3 is 17.1 Å². The van der Waals surface area contributed by atoms with Gasteiger partial charge in [0.15, 0.2) is 0 Å². The Balaban J connectivity index is 0.00000192. The monoisotopic (exact) mass is 349 g/mol. The van der Waals surface area contributed by atoms with Gasteiger partial charge in [0.05, 0.1) is 7.11 Å². The van der Waals surface area contributed by atoms with E-state index in [-0.39, 0.29) is 12.4 Å². The van der Waals surface area contributed by atoms with E-state index >= 15 is 0 Å². The summed E-state index contributed by atoms with van der Waals surface area (Å²) in [4.78, 5) is 3.59. The van der Waals surface area contributed by atoms with Crippen molar-refractivity contribution in [1.29, 1.82) is 0 Å². The van der Waals surface area contributed by atoms with Gasteiger partial charge >= 0.3 is 0 Å². The third kappa shape index (κ3) is 3.88. The minimum Gasteiger partial charge on any atom is -1.00 e. The minimum atomic E-state index is 0. The van der Waals surface area contributed by atoms with Gasteiger partial charge in [-0.25, -0.2) is 4.99 Å². The van der Waals surface area contributed by atoms with Crippen LogP contribution < -0.4 is 22.1 Å². The summed E-state index contributed by atoms with van der Waals surface area (Å²) in [5.41, 5.74) is 6.51. The van der Waals surface area contributed by atoms with Crippen LogP contribution in [0.1, 0.15) is 28.7 Å². The summed E-state index contributed by atoms with van der Waals surface area (Å²) in [5, 5.41) is 0. The van der Waals surface area contributed by atoms with Crippen molar-refractivity contribution in [3.8, 4) is 5.75 Å². The SMILES string of the molecule is COc1ccc2c(c1)CC[NH+]=C2c1ccccc1CCCCl.[Cl-].